The van der Waals surface area contributed by atoms with Crippen LogP contribution in [0.3, 0.4) is 0 Å². The zero-order valence-corrected chi connectivity index (χ0v) is 14.2. The molecule has 1 spiro atoms. The van der Waals surface area contributed by atoms with Crippen LogP contribution in [0.2, 0.25) is 0 Å². The Hall–Kier alpha value is -1.76. The van der Waals surface area contributed by atoms with Crippen molar-refractivity contribution in [3.05, 3.63) is 35.9 Å². The third-order valence-corrected chi connectivity index (χ3v) is 5.82. The van der Waals surface area contributed by atoms with Gasteiger partial charge in [0, 0.05) is 13.0 Å². The van der Waals surface area contributed by atoms with Crippen molar-refractivity contribution in [3.63, 3.8) is 0 Å². The van der Waals surface area contributed by atoms with Crippen molar-refractivity contribution in [2.24, 2.45) is 5.92 Å². The van der Waals surface area contributed by atoms with Crippen molar-refractivity contribution < 1.29 is 24.2 Å². The zero-order chi connectivity index (χ0) is 17.7. The van der Waals surface area contributed by atoms with E-state index in [0.29, 0.717) is 26.0 Å². The Balaban J connectivity index is 1.36. The van der Waals surface area contributed by atoms with Crippen molar-refractivity contribution in [1.29, 1.82) is 0 Å². The summed E-state index contributed by atoms with van der Waals surface area (Å²) in [6.45, 7) is 2.90. The summed E-state index contributed by atoms with van der Waals surface area (Å²) in [5.74, 6) is -0.650. The van der Waals surface area contributed by atoms with Crippen LogP contribution in [0.25, 0.3) is 0 Å². The normalized spacial score (nSPS) is 39.3. The largest absolute Gasteiger partial charge is 0.385 e. The minimum Gasteiger partial charge on any atom is -0.385 e. The molecule has 2 aliphatic heterocycles. The van der Waals surface area contributed by atoms with E-state index < -0.39 is 23.2 Å². The van der Waals surface area contributed by atoms with E-state index in [0.717, 1.165) is 5.56 Å². The summed E-state index contributed by atoms with van der Waals surface area (Å²) in [5, 5.41) is 13.3. The number of ether oxygens (including phenoxy) is 2. The number of hydrogen-bond donors (Lipinski definition) is 2. The quantitative estimate of drug-likeness (QED) is 0.776. The van der Waals surface area contributed by atoms with Gasteiger partial charge in [0.15, 0.2) is 5.78 Å². The minimum atomic E-state index is -1.07. The molecule has 2 heterocycles. The van der Waals surface area contributed by atoms with E-state index in [9.17, 15) is 14.7 Å². The van der Waals surface area contributed by atoms with Gasteiger partial charge in [0.1, 0.15) is 17.3 Å². The lowest BCUT2D eigenvalue weighted by molar-refractivity contribution is -0.139. The molecule has 1 aromatic carbocycles. The molecule has 6 heteroatoms. The molecule has 0 radical (unpaired) electrons. The Morgan fingerprint density at radius 2 is 2.08 bits per heavy atom. The second kappa shape index (κ2) is 5.90. The average Bonchev–Trinajstić information content (AvgIpc) is 3.50. The molecule has 134 valence electrons. The summed E-state index contributed by atoms with van der Waals surface area (Å²) in [5.41, 5.74) is -0.0954. The summed E-state index contributed by atoms with van der Waals surface area (Å²) in [6.07, 6.45) is -0.180. The van der Waals surface area contributed by atoms with Crippen LogP contribution >= 0.6 is 0 Å². The first-order valence-corrected chi connectivity index (χ1v) is 8.78. The fourth-order valence-corrected chi connectivity index (χ4v) is 4.19. The lowest BCUT2D eigenvalue weighted by Crippen LogP contribution is -2.52. The Morgan fingerprint density at radius 3 is 2.76 bits per heavy atom. The molecule has 5 atom stereocenters. The molecule has 1 aliphatic carbocycles. The lowest BCUT2D eigenvalue weighted by atomic mass is 9.69. The van der Waals surface area contributed by atoms with E-state index in [1.54, 1.807) is 0 Å². The predicted octanol–water partition coefficient (Wildman–Crippen LogP) is 0.959. The molecule has 25 heavy (non-hydrogen) atoms. The highest BCUT2D eigenvalue weighted by Gasteiger charge is 2.71. The zero-order valence-electron chi connectivity index (χ0n) is 14.2. The highest BCUT2D eigenvalue weighted by molar-refractivity contribution is 5.85. The molecule has 3 aliphatic rings. The topological polar surface area (TPSA) is 91.5 Å². The Kier molecular flexibility index (Phi) is 3.94. The first-order chi connectivity index (χ1) is 11.9. The van der Waals surface area contributed by atoms with Crippen LogP contribution in [0.5, 0.6) is 0 Å². The Morgan fingerprint density at radius 1 is 1.36 bits per heavy atom. The number of Topliss-reactive ketones (excluding diaryl/α,β-unsaturated/α-hetero) is 1. The number of aliphatic hydroxyl groups is 1. The van der Waals surface area contributed by atoms with Crippen LogP contribution in [0.1, 0.15) is 31.7 Å². The molecule has 1 unspecified atom stereocenters. The molecule has 1 saturated carbocycles. The highest BCUT2D eigenvalue weighted by atomic mass is 16.6. The molecule has 0 bridgehead atoms. The third kappa shape index (κ3) is 2.99. The van der Waals surface area contributed by atoms with Crippen molar-refractivity contribution >= 4 is 11.7 Å². The number of ketones is 1. The Labute approximate surface area is 146 Å². The van der Waals surface area contributed by atoms with E-state index in [2.05, 4.69) is 5.32 Å². The lowest BCUT2D eigenvalue weighted by Gasteiger charge is -2.35. The van der Waals surface area contributed by atoms with Crippen LogP contribution in [-0.2, 0) is 25.6 Å². The molecule has 0 aromatic heterocycles. The fourth-order valence-electron chi connectivity index (χ4n) is 4.19. The number of hydrogen-bond acceptors (Lipinski definition) is 5. The van der Waals surface area contributed by atoms with Gasteiger partial charge >= 0.3 is 0 Å². The molecule has 1 amide bonds. The maximum atomic E-state index is 12.2. The van der Waals surface area contributed by atoms with Crippen LogP contribution in [-0.4, -0.2) is 46.8 Å². The predicted molar refractivity (Wildman–Crippen MR) is 88.6 cm³/mol. The molecular formula is C19H23NO5. The molecule has 3 fully saturated rings. The van der Waals surface area contributed by atoms with Crippen LogP contribution in [0, 0.1) is 5.92 Å². The number of aliphatic hydroxyl groups excluding tert-OH is 1. The van der Waals surface area contributed by atoms with E-state index in [4.69, 9.17) is 9.47 Å². The molecule has 2 saturated heterocycles. The average molecular weight is 345 g/mol. The summed E-state index contributed by atoms with van der Waals surface area (Å²) in [6, 6.07) is 9.70. The third-order valence-electron chi connectivity index (χ3n) is 5.82. The number of nitrogens with one attached hydrogen (secondary N) is 1. The first kappa shape index (κ1) is 16.7. The molecule has 6 nitrogen and oxygen atoms in total. The van der Waals surface area contributed by atoms with E-state index in [1.807, 2.05) is 37.3 Å². The van der Waals surface area contributed by atoms with Crippen molar-refractivity contribution in [2.75, 3.05) is 6.61 Å². The van der Waals surface area contributed by atoms with Gasteiger partial charge in [-0.05, 0) is 18.9 Å². The molecular weight excluding hydrogens is 322 g/mol. The maximum Gasteiger partial charge on any atom is 0.222 e. The summed E-state index contributed by atoms with van der Waals surface area (Å²) in [7, 11) is 0. The van der Waals surface area contributed by atoms with Gasteiger partial charge < -0.3 is 19.9 Å². The number of carbonyl (C=O) groups is 2. The van der Waals surface area contributed by atoms with Crippen molar-refractivity contribution in [3.8, 4) is 0 Å². The standard InChI is InChI=1S/C19H23NO5/c1-18(17-16(23)13(21)7-8-19(17)11-24-19)14(25-18)9-15(22)20-10-12-5-3-2-4-6-12/h2-6,14,16-17,23H,7-11H2,1H3,(H,20,22)/t14-,16-,17-,18?,19+/m1/s1. The van der Waals surface area contributed by atoms with Crippen LogP contribution in [0.15, 0.2) is 30.3 Å². The smallest absolute Gasteiger partial charge is 0.222 e. The van der Waals surface area contributed by atoms with E-state index in [-0.39, 0.29) is 24.2 Å². The highest BCUT2D eigenvalue weighted by Crippen LogP contribution is 2.58. The number of carbonyl (C=O) groups excluding carboxylic acids is 2. The molecule has 2 N–H and O–H groups in total. The summed E-state index contributed by atoms with van der Waals surface area (Å²) in [4.78, 5) is 24.2. The van der Waals surface area contributed by atoms with Gasteiger partial charge in [0.2, 0.25) is 5.91 Å². The number of rotatable bonds is 5. The second-order valence-corrected chi connectivity index (χ2v) is 7.50. The van der Waals surface area contributed by atoms with Gasteiger partial charge in [-0.3, -0.25) is 9.59 Å². The minimum absolute atomic E-state index is 0.0973. The van der Waals surface area contributed by atoms with Gasteiger partial charge in [-0.2, -0.15) is 0 Å². The van der Waals surface area contributed by atoms with Crippen LogP contribution in [0.4, 0.5) is 0 Å². The van der Waals surface area contributed by atoms with Gasteiger partial charge in [-0.15, -0.1) is 0 Å². The maximum absolute atomic E-state index is 12.2. The van der Waals surface area contributed by atoms with E-state index in [1.165, 1.54) is 0 Å². The number of epoxide rings is 2. The number of amides is 1. The molecule has 4 rings (SSSR count). The van der Waals surface area contributed by atoms with Gasteiger partial charge in [0.25, 0.3) is 0 Å². The van der Waals surface area contributed by atoms with Crippen molar-refractivity contribution in [1.82, 2.24) is 5.32 Å². The van der Waals surface area contributed by atoms with Gasteiger partial charge in [-0.1, -0.05) is 30.3 Å². The van der Waals surface area contributed by atoms with Crippen molar-refractivity contribution in [2.45, 2.75) is 56.1 Å². The monoisotopic (exact) mass is 345 g/mol. The van der Waals surface area contributed by atoms with Gasteiger partial charge in [-0.25, -0.2) is 0 Å². The summed E-state index contributed by atoms with van der Waals surface area (Å²) < 4.78 is 11.4. The second-order valence-electron chi connectivity index (χ2n) is 7.50. The molecule has 1 aromatic rings. The van der Waals surface area contributed by atoms with E-state index >= 15 is 0 Å². The Bertz CT molecular complexity index is 686. The summed E-state index contributed by atoms with van der Waals surface area (Å²) >= 11 is 0. The SMILES string of the molecule is CC1([C@H]2[C@H](O)C(=O)CC[C@]23CO3)O[C@@H]1CC(=O)NCc1ccccc1. The van der Waals surface area contributed by atoms with Gasteiger partial charge in [0.05, 0.1) is 25.0 Å². The number of benzene rings is 1. The fraction of sp³-hybridized carbons (Fsp3) is 0.579. The van der Waals surface area contributed by atoms with Crippen LogP contribution < -0.4 is 5.32 Å². The first-order valence-electron chi connectivity index (χ1n) is 8.78.